The summed E-state index contributed by atoms with van der Waals surface area (Å²) in [7, 11) is 0. The Labute approximate surface area is 85.2 Å². The molecular formula is C11H17N3. The maximum absolute atomic E-state index is 3.91. The summed E-state index contributed by atoms with van der Waals surface area (Å²) in [5.41, 5.74) is 0.838. The van der Waals surface area contributed by atoms with Crippen LogP contribution in [-0.4, -0.2) is 15.2 Å². The van der Waals surface area contributed by atoms with E-state index in [2.05, 4.69) is 15.2 Å². The van der Waals surface area contributed by atoms with Gasteiger partial charge in [0.15, 0.2) is 0 Å². The van der Waals surface area contributed by atoms with Crippen molar-refractivity contribution in [2.75, 3.05) is 0 Å². The van der Waals surface area contributed by atoms with Gasteiger partial charge in [0.25, 0.3) is 0 Å². The van der Waals surface area contributed by atoms with Gasteiger partial charge in [-0.15, -0.1) is 5.10 Å². The van der Waals surface area contributed by atoms with E-state index in [9.17, 15) is 0 Å². The molecule has 0 radical (unpaired) electrons. The van der Waals surface area contributed by atoms with Gasteiger partial charge in [0.1, 0.15) is 5.52 Å². The molecule has 3 heteroatoms. The molecule has 0 aromatic carbocycles. The lowest BCUT2D eigenvalue weighted by atomic mass is 10.3. The summed E-state index contributed by atoms with van der Waals surface area (Å²) in [5, 5.41) is 8.67. The molecule has 0 N–H and O–H groups in total. The molecule has 14 heavy (non-hydrogen) atoms. The maximum Gasteiger partial charge on any atom is 0.111 e. The summed E-state index contributed by atoms with van der Waals surface area (Å²) >= 11 is 0. The van der Waals surface area contributed by atoms with Crippen LogP contribution in [0.4, 0.5) is 0 Å². The molecule has 2 heterocycles. The van der Waals surface area contributed by atoms with Gasteiger partial charge in [-0.2, -0.15) is 5.10 Å². The second-order valence-corrected chi connectivity index (χ2v) is 1.97. The fraction of sp³-hybridized carbons (Fsp3) is 0.364. The topological polar surface area (TPSA) is 38.7 Å². The molecule has 0 fully saturated rings. The average molecular weight is 191 g/mol. The third-order valence-corrected chi connectivity index (χ3v) is 1.32. The third-order valence-electron chi connectivity index (χ3n) is 1.32. The van der Waals surface area contributed by atoms with Crippen molar-refractivity contribution in [3.05, 3.63) is 30.7 Å². The van der Waals surface area contributed by atoms with Gasteiger partial charge in [0, 0.05) is 11.6 Å². The molecule has 0 spiro atoms. The van der Waals surface area contributed by atoms with Gasteiger partial charge < -0.3 is 0 Å². The van der Waals surface area contributed by atoms with E-state index in [0.29, 0.717) is 0 Å². The highest BCUT2D eigenvalue weighted by Gasteiger charge is 1.88. The first kappa shape index (κ1) is 12.5. The summed E-state index contributed by atoms with van der Waals surface area (Å²) in [4.78, 5) is 3.91. The predicted octanol–water partition coefficient (Wildman–Crippen LogP) is 3.08. The van der Waals surface area contributed by atoms with Crippen molar-refractivity contribution in [2.45, 2.75) is 27.7 Å². The smallest absolute Gasteiger partial charge is 0.111 e. The lowest BCUT2D eigenvalue weighted by Crippen LogP contribution is -1.81. The molecule has 0 amide bonds. The number of fused-ring (bicyclic) bond motifs is 1. The Bertz CT molecular complexity index is 282. The van der Waals surface area contributed by atoms with Crippen LogP contribution in [0.25, 0.3) is 10.9 Å². The minimum absolute atomic E-state index is 0.838. The fourth-order valence-corrected chi connectivity index (χ4v) is 0.831. The van der Waals surface area contributed by atoms with E-state index in [1.807, 2.05) is 39.8 Å². The Hall–Kier alpha value is -1.51. The molecule has 0 unspecified atom stereocenters. The van der Waals surface area contributed by atoms with Crippen molar-refractivity contribution in [1.82, 2.24) is 15.2 Å². The number of rotatable bonds is 0. The largest absolute Gasteiger partial charge is 0.262 e. The van der Waals surface area contributed by atoms with Crippen molar-refractivity contribution >= 4 is 10.9 Å². The van der Waals surface area contributed by atoms with Crippen LogP contribution in [0.3, 0.4) is 0 Å². The van der Waals surface area contributed by atoms with Gasteiger partial charge in [0.05, 0.1) is 12.4 Å². The van der Waals surface area contributed by atoms with Gasteiger partial charge in [-0.3, -0.25) is 4.98 Å². The molecule has 0 bridgehead atoms. The third kappa shape index (κ3) is 3.47. The molecule has 2 aromatic heterocycles. The number of nitrogens with zero attached hydrogens (tertiary/aromatic N) is 3. The maximum atomic E-state index is 3.91. The molecule has 0 atom stereocenters. The summed E-state index contributed by atoms with van der Waals surface area (Å²) < 4.78 is 0. The van der Waals surface area contributed by atoms with Crippen molar-refractivity contribution < 1.29 is 0 Å². The Morgan fingerprint density at radius 2 is 1.57 bits per heavy atom. The molecule has 2 aromatic rings. The van der Waals surface area contributed by atoms with E-state index in [0.717, 1.165) is 10.9 Å². The first-order chi connectivity index (χ1) is 6.97. The Morgan fingerprint density at radius 1 is 0.929 bits per heavy atom. The summed E-state index contributed by atoms with van der Waals surface area (Å²) in [6.45, 7) is 8.00. The first-order valence-corrected chi connectivity index (χ1v) is 4.98. The van der Waals surface area contributed by atoms with Crippen LogP contribution in [0.1, 0.15) is 27.7 Å². The number of hydrogen-bond donors (Lipinski definition) is 0. The van der Waals surface area contributed by atoms with E-state index in [-0.39, 0.29) is 0 Å². The zero-order valence-electron chi connectivity index (χ0n) is 9.23. The Balaban J connectivity index is 0.000000379. The van der Waals surface area contributed by atoms with Crippen molar-refractivity contribution in [1.29, 1.82) is 0 Å². The van der Waals surface area contributed by atoms with Gasteiger partial charge in [-0.1, -0.05) is 27.7 Å². The summed E-state index contributed by atoms with van der Waals surface area (Å²) in [6.07, 6.45) is 5.11. The molecule has 0 saturated carbocycles. The van der Waals surface area contributed by atoms with E-state index in [4.69, 9.17) is 0 Å². The molecule has 3 nitrogen and oxygen atoms in total. The number of hydrogen-bond acceptors (Lipinski definition) is 3. The lowest BCUT2D eigenvalue weighted by molar-refractivity contribution is 1.07. The number of aromatic nitrogens is 3. The van der Waals surface area contributed by atoms with Crippen molar-refractivity contribution in [3.8, 4) is 0 Å². The van der Waals surface area contributed by atoms with E-state index in [1.54, 1.807) is 18.6 Å². The zero-order chi connectivity index (χ0) is 10.8. The Morgan fingerprint density at radius 3 is 2.21 bits per heavy atom. The summed E-state index contributed by atoms with van der Waals surface area (Å²) in [6, 6.07) is 3.81. The molecule has 0 aliphatic rings. The Kier molecular flexibility index (Phi) is 7.23. The molecule has 0 saturated heterocycles. The molecule has 2 rings (SSSR count). The zero-order valence-corrected chi connectivity index (χ0v) is 9.23. The van der Waals surface area contributed by atoms with Crippen molar-refractivity contribution in [2.24, 2.45) is 0 Å². The molecule has 76 valence electrons. The highest BCUT2D eigenvalue weighted by molar-refractivity contribution is 5.75. The van der Waals surface area contributed by atoms with Crippen LogP contribution in [-0.2, 0) is 0 Å². The molecule has 0 aliphatic heterocycles. The van der Waals surface area contributed by atoms with Crippen molar-refractivity contribution in [3.63, 3.8) is 0 Å². The van der Waals surface area contributed by atoms with Crippen LogP contribution in [0, 0.1) is 0 Å². The van der Waals surface area contributed by atoms with Crippen LogP contribution < -0.4 is 0 Å². The quantitative estimate of drug-likeness (QED) is 0.642. The van der Waals surface area contributed by atoms with Crippen LogP contribution >= 0.6 is 0 Å². The summed E-state index contributed by atoms with van der Waals surface area (Å²) in [5.74, 6) is 0. The molecular weight excluding hydrogens is 174 g/mol. The minimum Gasteiger partial charge on any atom is -0.262 e. The normalized spacial score (nSPS) is 8.00. The second kappa shape index (κ2) is 8.10. The number of pyridine rings is 1. The monoisotopic (exact) mass is 191 g/mol. The van der Waals surface area contributed by atoms with E-state index in [1.165, 1.54) is 0 Å². The first-order valence-electron chi connectivity index (χ1n) is 4.98. The van der Waals surface area contributed by atoms with Gasteiger partial charge >= 0.3 is 0 Å². The van der Waals surface area contributed by atoms with Gasteiger partial charge in [0.2, 0.25) is 0 Å². The highest BCUT2D eigenvalue weighted by Crippen LogP contribution is 2.04. The van der Waals surface area contributed by atoms with E-state index >= 15 is 0 Å². The second-order valence-electron chi connectivity index (χ2n) is 1.97. The highest BCUT2D eigenvalue weighted by atomic mass is 15.1. The van der Waals surface area contributed by atoms with Crippen LogP contribution in [0.15, 0.2) is 30.7 Å². The van der Waals surface area contributed by atoms with Gasteiger partial charge in [-0.05, 0) is 12.1 Å². The predicted molar refractivity (Wildman–Crippen MR) is 60.0 cm³/mol. The van der Waals surface area contributed by atoms with Gasteiger partial charge in [-0.25, -0.2) is 0 Å². The SMILES string of the molecule is CC.CC.c1cc2ccnnc2cn1. The fourth-order valence-electron chi connectivity index (χ4n) is 0.831. The van der Waals surface area contributed by atoms with Crippen LogP contribution in [0.5, 0.6) is 0 Å². The van der Waals surface area contributed by atoms with E-state index < -0.39 is 0 Å². The minimum atomic E-state index is 0.838. The molecule has 0 aliphatic carbocycles. The lowest BCUT2D eigenvalue weighted by Gasteiger charge is -1.89. The average Bonchev–Trinajstić information content (AvgIpc) is 2.34. The standard InChI is InChI=1S/C7H5N3.2C2H6/c1-3-8-5-7-6(1)2-4-9-10-7;2*1-2/h1-5H;2*1-2H3. The van der Waals surface area contributed by atoms with Crippen LogP contribution in [0.2, 0.25) is 0 Å².